The lowest BCUT2D eigenvalue weighted by Gasteiger charge is -2.39. The van der Waals surface area contributed by atoms with Gasteiger partial charge in [0.2, 0.25) is 0 Å². The van der Waals surface area contributed by atoms with Crippen molar-refractivity contribution in [2.75, 3.05) is 40.0 Å². The van der Waals surface area contributed by atoms with Crippen molar-refractivity contribution in [3.8, 4) is 0 Å². The first-order valence-electron chi connectivity index (χ1n) is 9.64. The molecular weight excluding hydrogens is 326 g/mol. The molecule has 0 unspecified atom stereocenters. The minimum absolute atomic E-state index is 0.0799. The monoisotopic (exact) mass is 361 g/mol. The number of aliphatic imine (C=N–C) groups is 1. The van der Waals surface area contributed by atoms with E-state index in [1.165, 1.54) is 11.1 Å². The molecule has 0 aliphatic carbocycles. The molecule has 1 aliphatic rings. The molecule has 1 saturated heterocycles. The Bertz CT molecular complexity index is 593. The van der Waals surface area contributed by atoms with Crippen LogP contribution in [0, 0.1) is 6.92 Å². The second-order valence-electron chi connectivity index (χ2n) is 7.72. The highest BCUT2D eigenvalue weighted by Crippen LogP contribution is 2.36. The standard InChI is InChI=1S/C21H35N3O2/c1-6-22-19(23-15-20(3,4)25-5)24-16-21(11-13-26-14-12-21)18-10-8-7-9-17(18)2/h7-10H,6,11-16H2,1-5H3,(H2,22,23,24). The van der Waals surface area contributed by atoms with Crippen molar-refractivity contribution < 1.29 is 9.47 Å². The molecule has 26 heavy (non-hydrogen) atoms. The maximum Gasteiger partial charge on any atom is 0.191 e. The molecule has 146 valence electrons. The number of hydrogen-bond donors (Lipinski definition) is 2. The van der Waals surface area contributed by atoms with Crippen molar-refractivity contribution in [1.29, 1.82) is 0 Å². The Labute approximate surface area is 158 Å². The zero-order valence-corrected chi connectivity index (χ0v) is 17.0. The molecule has 0 bridgehead atoms. The maximum absolute atomic E-state index is 5.66. The second-order valence-corrected chi connectivity index (χ2v) is 7.72. The van der Waals surface area contributed by atoms with E-state index >= 15 is 0 Å². The SMILES string of the molecule is CCNC(=NCC(C)(C)OC)NCC1(c2ccccc2C)CCOCC1. The van der Waals surface area contributed by atoms with Crippen LogP contribution in [0.1, 0.15) is 44.7 Å². The first-order chi connectivity index (χ1) is 12.4. The van der Waals surface area contributed by atoms with E-state index in [0.29, 0.717) is 6.54 Å². The summed E-state index contributed by atoms with van der Waals surface area (Å²) in [5.41, 5.74) is 2.58. The van der Waals surface area contributed by atoms with Crippen LogP contribution < -0.4 is 10.6 Å². The predicted molar refractivity (Wildman–Crippen MR) is 108 cm³/mol. The molecule has 1 aromatic rings. The fraction of sp³-hybridized carbons (Fsp3) is 0.667. The average Bonchev–Trinajstić information content (AvgIpc) is 2.65. The summed E-state index contributed by atoms with van der Waals surface area (Å²) in [7, 11) is 1.73. The van der Waals surface area contributed by atoms with Gasteiger partial charge in [-0.15, -0.1) is 0 Å². The topological polar surface area (TPSA) is 54.9 Å². The lowest BCUT2D eigenvalue weighted by Crippen LogP contribution is -2.48. The number of ether oxygens (including phenoxy) is 2. The number of aryl methyl sites for hydroxylation is 1. The maximum atomic E-state index is 5.66. The van der Waals surface area contributed by atoms with E-state index in [1.54, 1.807) is 7.11 Å². The van der Waals surface area contributed by atoms with Crippen LogP contribution in [-0.4, -0.2) is 51.5 Å². The third-order valence-corrected chi connectivity index (χ3v) is 5.28. The van der Waals surface area contributed by atoms with Crippen LogP contribution in [0.2, 0.25) is 0 Å². The zero-order valence-electron chi connectivity index (χ0n) is 17.0. The molecule has 2 N–H and O–H groups in total. The fourth-order valence-electron chi connectivity index (χ4n) is 3.40. The molecule has 0 amide bonds. The Kier molecular flexibility index (Phi) is 7.47. The van der Waals surface area contributed by atoms with Crippen molar-refractivity contribution >= 4 is 5.96 Å². The summed E-state index contributed by atoms with van der Waals surface area (Å²) < 4.78 is 11.1. The summed E-state index contributed by atoms with van der Waals surface area (Å²) in [6.07, 6.45) is 2.04. The van der Waals surface area contributed by atoms with Crippen molar-refractivity contribution in [2.24, 2.45) is 4.99 Å². The van der Waals surface area contributed by atoms with E-state index in [-0.39, 0.29) is 11.0 Å². The second kappa shape index (κ2) is 9.38. The Morgan fingerprint density at radius 3 is 2.54 bits per heavy atom. The smallest absolute Gasteiger partial charge is 0.191 e. The van der Waals surface area contributed by atoms with Crippen LogP contribution >= 0.6 is 0 Å². The summed E-state index contributed by atoms with van der Waals surface area (Å²) in [5, 5.41) is 6.94. The van der Waals surface area contributed by atoms with Gasteiger partial charge in [0.25, 0.3) is 0 Å². The number of hydrogen-bond acceptors (Lipinski definition) is 3. The number of rotatable bonds is 7. The summed E-state index contributed by atoms with van der Waals surface area (Å²) in [6.45, 7) is 12.3. The van der Waals surface area contributed by atoms with Gasteiger partial charge >= 0.3 is 0 Å². The molecule has 1 heterocycles. The molecule has 2 rings (SSSR count). The molecule has 5 nitrogen and oxygen atoms in total. The van der Waals surface area contributed by atoms with Crippen LogP contribution in [0.25, 0.3) is 0 Å². The van der Waals surface area contributed by atoms with Gasteiger partial charge in [0, 0.05) is 38.8 Å². The molecule has 0 atom stereocenters. The molecule has 1 fully saturated rings. The molecule has 0 radical (unpaired) electrons. The van der Waals surface area contributed by atoms with Gasteiger partial charge in [-0.25, -0.2) is 0 Å². The van der Waals surface area contributed by atoms with Crippen molar-refractivity contribution in [1.82, 2.24) is 10.6 Å². The third kappa shape index (κ3) is 5.45. The normalized spacial score (nSPS) is 17.8. The highest BCUT2D eigenvalue weighted by molar-refractivity contribution is 5.80. The van der Waals surface area contributed by atoms with Gasteiger partial charge in [-0.05, 0) is 51.7 Å². The van der Waals surface area contributed by atoms with E-state index in [1.807, 2.05) is 13.8 Å². The Hall–Kier alpha value is -1.59. The van der Waals surface area contributed by atoms with Crippen LogP contribution in [-0.2, 0) is 14.9 Å². The van der Waals surface area contributed by atoms with Crippen LogP contribution in [0.5, 0.6) is 0 Å². The minimum atomic E-state index is -0.269. The van der Waals surface area contributed by atoms with Gasteiger partial charge < -0.3 is 20.1 Å². The summed E-state index contributed by atoms with van der Waals surface area (Å²) in [5.74, 6) is 0.845. The number of nitrogens with one attached hydrogen (secondary N) is 2. The van der Waals surface area contributed by atoms with Gasteiger partial charge in [0.05, 0.1) is 12.1 Å². The van der Waals surface area contributed by atoms with Gasteiger partial charge in [-0.1, -0.05) is 24.3 Å². The zero-order chi connectivity index (χ0) is 19.0. The van der Waals surface area contributed by atoms with E-state index in [2.05, 4.69) is 48.7 Å². The summed E-state index contributed by atoms with van der Waals surface area (Å²) >= 11 is 0. The quantitative estimate of drug-likeness (QED) is 0.579. The molecule has 1 aliphatic heterocycles. The molecular formula is C21H35N3O2. The number of methoxy groups -OCH3 is 1. The average molecular weight is 362 g/mol. The molecule has 1 aromatic carbocycles. The summed E-state index contributed by atoms with van der Waals surface area (Å²) in [4.78, 5) is 4.73. The lowest BCUT2D eigenvalue weighted by molar-refractivity contribution is 0.0310. The van der Waals surface area contributed by atoms with Crippen LogP contribution in [0.4, 0.5) is 0 Å². The first-order valence-corrected chi connectivity index (χ1v) is 9.64. The summed E-state index contributed by atoms with van der Waals surface area (Å²) in [6, 6.07) is 8.71. The van der Waals surface area contributed by atoms with Crippen LogP contribution in [0.15, 0.2) is 29.3 Å². The lowest BCUT2D eigenvalue weighted by atomic mass is 9.72. The van der Waals surface area contributed by atoms with Crippen molar-refractivity contribution in [3.63, 3.8) is 0 Å². The van der Waals surface area contributed by atoms with Crippen molar-refractivity contribution in [3.05, 3.63) is 35.4 Å². The molecule has 5 heteroatoms. The molecule has 0 spiro atoms. The Morgan fingerprint density at radius 2 is 1.92 bits per heavy atom. The van der Waals surface area contributed by atoms with Crippen molar-refractivity contribution in [2.45, 2.75) is 51.6 Å². The van der Waals surface area contributed by atoms with E-state index in [0.717, 1.165) is 45.1 Å². The van der Waals surface area contributed by atoms with Gasteiger partial charge in [0.15, 0.2) is 5.96 Å². The van der Waals surface area contributed by atoms with Gasteiger partial charge in [-0.3, -0.25) is 4.99 Å². The molecule has 0 saturated carbocycles. The largest absolute Gasteiger partial charge is 0.381 e. The first kappa shape index (κ1) is 20.7. The minimum Gasteiger partial charge on any atom is -0.381 e. The Balaban J connectivity index is 2.17. The van der Waals surface area contributed by atoms with Gasteiger partial charge in [-0.2, -0.15) is 0 Å². The third-order valence-electron chi connectivity index (χ3n) is 5.28. The molecule has 0 aromatic heterocycles. The fourth-order valence-corrected chi connectivity index (χ4v) is 3.40. The number of guanidine groups is 1. The van der Waals surface area contributed by atoms with Crippen LogP contribution in [0.3, 0.4) is 0 Å². The van der Waals surface area contributed by atoms with Gasteiger partial charge in [0.1, 0.15) is 0 Å². The van der Waals surface area contributed by atoms with E-state index in [9.17, 15) is 0 Å². The number of nitrogens with zero attached hydrogens (tertiary/aromatic N) is 1. The van der Waals surface area contributed by atoms with E-state index < -0.39 is 0 Å². The number of benzene rings is 1. The van der Waals surface area contributed by atoms with E-state index in [4.69, 9.17) is 14.5 Å². The highest BCUT2D eigenvalue weighted by atomic mass is 16.5. The Morgan fingerprint density at radius 1 is 1.23 bits per heavy atom. The highest BCUT2D eigenvalue weighted by Gasteiger charge is 2.35. The predicted octanol–water partition coefficient (Wildman–Crippen LogP) is 3.02.